The lowest BCUT2D eigenvalue weighted by molar-refractivity contribution is -0.122. The van der Waals surface area contributed by atoms with Gasteiger partial charge < -0.3 is 5.32 Å². The molecule has 0 aliphatic heterocycles. The summed E-state index contributed by atoms with van der Waals surface area (Å²) in [6, 6.07) is 3.52. The highest BCUT2D eigenvalue weighted by molar-refractivity contribution is 7.91. The number of nitrogens with zero attached hydrogens (tertiary/aromatic N) is 1. The van der Waals surface area contributed by atoms with Gasteiger partial charge in [0.2, 0.25) is 5.91 Å². The molecule has 1 aromatic rings. The van der Waals surface area contributed by atoms with Gasteiger partial charge in [0.1, 0.15) is 4.21 Å². The molecular weight excluding hydrogens is 308 g/mol. The highest BCUT2D eigenvalue weighted by Crippen LogP contribution is 2.19. The van der Waals surface area contributed by atoms with Crippen LogP contribution >= 0.6 is 11.3 Å². The highest BCUT2D eigenvalue weighted by Gasteiger charge is 2.21. The maximum atomic E-state index is 12.2. The van der Waals surface area contributed by atoms with E-state index in [0.29, 0.717) is 23.6 Å². The van der Waals surface area contributed by atoms with Crippen molar-refractivity contribution in [2.45, 2.75) is 49.8 Å². The zero-order valence-electron chi connectivity index (χ0n) is 12.8. The van der Waals surface area contributed by atoms with Gasteiger partial charge in [-0.05, 0) is 30.7 Å². The molecule has 1 N–H and O–H groups in total. The minimum Gasteiger partial charge on any atom is -0.353 e. The number of carbonyl (C=O) groups is 1. The Morgan fingerprint density at radius 3 is 2.57 bits per heavy atom. The number of hydrogen-bond acceptors (Lipinski definition) is 4. The molecule has 1 amide bonds. The molecule has 1 aromatic heterocycles. The Labute approximate surface area is 131 Å². The fourth-order valence-corrected chi connectivity index (χ4v) is 4.35. The molecule has 7 heteroatoms. The van der Waals surface area contributed by atoms with Crippen molar-refractivity contribution in [3.8, 4) is 0 Å². The van der Waals surface area contributed by atoms with Crippen molar-refractivity contribution in [3.63, 3.8) is 0 Å². The third-order valence-electron chi connectivity index (χ3n) is 3.39. The fraction of sp³-hybridized carbons (Fsp3) is 0.643. The van der Waals surface area contributed by atoms with Crippen LogP contribution in [0.25, 0.3) is 0 Å². The maximum Gasteiger partial charge on any atom is 0.252 e. The first-order valence-electron chi connectivity index (χ1n) is 7.21. The van der Waals surface area contributed by atoms with Gasteiger partial charge in [0, 0.05) is 26.1 Å². The lowest BCUT2D eigenvalue weighted by atomic mass is 10.1. The summed E-state index contributed by atoms with van der Waals surface area (Å²) < 4.78 is 26.0. The molecular formula is C14H24N2O3S2. The zero-order chi connectivity index (χ0) is 15.9. The van der Waals surface area contributed by atoms with Gasteiger partial charge in [0.25, 0.3) is 10.0 Å². The smallest absolute Gasteiger partial charge is 0.252 e. The molecule has 1 heterocycles. The van der Waals surface area contributed by atoms with Crippen LogP contribution in [0.4, 0.5) is 0 Å². The Kier molecular flexibility index (Phi) is 7.34. The Bertz CT molecular complexity index is 522. The van der Waals surface area contributed by atoms with E-state index in [1.54, 1.807) is 24.6 Å². The third kappa shape index (κ3) is 5.41. The summed E-state index contributed by atoms with van der Waals surface area (Å²) in [6.45, 7) is 4.42. The predicted molar refractivity (Wildman–Crippen MR) is 85.9 cm³/mol. The number of sulfonamides is 1. The maximum absolute atomic E-state index is 12.2. The first-order chi connectivity index (χ1) is 9.91. The average molecular weight is 332 g/mol. The van der Waals surface area contributed by atoms with Crippen LogP contribution in [0.15, 0.2) is 21.7 Å². The van der Waals surface area contributed by atoms with Crippen LogP contribution in [0.2, 0.25) is 0 Å². The quantitative estimate of drug-likeness (QED) is 0.755. The van der Waals surface area contributed by atoms with Crippen LogP contribution in [-0.2, 0) is 14.8 Å². The highest BCUT2D eigenvalue weighted by atomic mass is 32.2. The van der Waals surface area contributed by atoms with Crippen molar-refractivity contribution >= 4 is 27.3 Å². The van der Waals surface area contributed by atoms with Crippen molar-refractivity contribution in [2.24, 2.45) is 0 Å². The summed E-state index contributed by atoms with van der Waals surface area (Å²) >= 11 is 1.20. The van der Waals surface area contributed by atoms with Gasteiger partial charge in [-0.3, -0.25) is 4.79 Å². The van der Waals surface area contributed by atoms with E-state index in [1.807, 2.05) is 13.8 Å². The van der Waals surface area contributed by atoms with Crippen molar-refractivity contribution in [1.29, 1.82) is 0 Å². The van der Waals surface area contributed by atoms with E-state index in [9.17, 15) is 13.2 Å². The summed E-state index contributed by atoms with van der Waals surface area (Å²) in [5, 5.41) is 4.69. The molecule has 5 nitrogen and oxygen atoms in total. The number of hydrogen-bond donors (Lipinski definition) is 1. The first kappa shape index (κ1) is 18.1. The van der Waals surface area contributed by atoms with Crippen LogP contribution < -0.4 is 5.32 Å². The minimum atomic E-state index is -3.41. The van der Waals surface area contributed by atoms with E-state index < -0.39 is 10.0 Å². The average Bonchev–Trinajstić information content (AvgIpc) is 2.99. The topological polar surface area (TPSA) is 66.5 Å². The Morgan fingerprint density at radius 2 is 2.05 bits per heavy atom. The van der Waals surface area contributed by atoms with Gasteiger partial charge in [-0.25, -0.2) is 12.7 Å². The van der Waals surface area contributed by atoms with Crippen molar-refractivity contribution < 1.29 is 13.2 Å². The molecule has 0 saturated carbocycles. The van der Waals surface area contributed by atoms with Crippen LogP contribution in [0, 0.1) is 0 Å². The second kappa shape index (κ2) is 8.51. The summed E-state index contributed by atoms with van der Waals surface area (Å²) in [6.07, 6.45) is 2.69. The van der Waals surface area contributed by atoms with Crippen molar-refractivity contribution in [3.05, 3.63) is 17.5 Å². The van der Waals surface area contributed by atoms with E-state index in [-0.39, 0.29) is 11.9 Å². The molecule has 21 heavy (non-hydrogen) atoms. The minimum absolute atomic E-state index is 0.00868. The number of thiophene rings is 1. The SMILES string of the molecule is CCC(CC)NC(=O)CCCN(C)S(=O)(=O)c1cccs1. The molecule has 0 saturated heterocycles. The van der Waals surface area contributed by atoms with E-state index >= 15 is 0 Å². The molecule has 0 aliphatic rings. The molecule has 0 fully saturated rings. The van der Waals surface area contributed by atoms with Crippen LogP contribution in [0.1, 0.15) is 39.5 Å². The Morgan fingerprint density at radius 1 is 1.38 bits per heavy atom. The molecule has 0 radical (unpaired) electrons. The number of carbonyl (C=O) groups excluding carboxylic acids is 1. The van der Waals surface area contributed by atoms with Crippen molar-refractivity contribution in [1.82, 2.24) is 9.62 Å². The Balaban J connectivity index is 2.40. The summed E-state index contributed by atoms with van der Waals surface area (Å²) in [5.74, 6) is -0.00868. The van der Waals surface area contributed by atoms with Gasteiger partial charge in [-0.15, -0.1) is 11.3 Å². The third-order valence-corrected chi connectivity index (χ3v) is 6.62. The summed E-state index contributed by atoms with van der Waals surface area (Å²) in [7, 11) is -1.86. The molecule has 120 valence electrons. The summed E-state index contributed by atoms with van der Waals surface area (Å²) in [4.78, 5) is 11.8. The van der Waals surface area contributed by atoms with Gasteiger partial charge in [0.15, 0.2) is 0 Å². The molecule has 1 rings (SSSR count). The summed E-state index contributed by atoms with van der Waals surface area (Å²) in [5.41, 5.74) is 0. The van der Waals surface area contributed by atoms with E-state index in [4.69, 9.17) is 0 Å². The molecule has 0 atom stereocenters. The van der Waals surface area contributed by atoms with Crippen LogP contribution in [0.3, 0.4) is 0 Å². The number of nitrogens with one attached hydrogen (secondary N) is 1. The van der Waals surface area contributed by atoms with Crippen LogP contribution in [-0.4, -0.2) is 38.3 Å². The number of rotatable bonds is 9. The van der Waals surface area contributed by atoms with Gasteiger partial charge in [-0.2, -0.15) is 0 Å². The van der Waals surface area contributed by atoms with Gasteiger partial charge in [0.05, 0.1) is 0 Å². The number of amides is 1. The zero-order valence-corrected chi connectivity index (χ0v) is 14.5. The van der Waals surface area contributed by atoms with Gasteiger partial charge in [-0.1, -0.05) is 19.9 Å². The monoisotopic (exact) mass is 332 g/mol. The second-order valence-electron chi connectivity index (χ2n) is 4.94. The lowest BCUT2D eigenvalue weighted by Gasteiger charge is -2.17. The van der Waals surface area contributed by atoms with E-state index in [2.05, 4.69) is 5.32 Å². The van der Waals surface area contributed by atoms with E-state index in [0.717, 1.165) is 12.8 Å². The lowest BCUT2D eigenvalue weighted by Crippen LogP contribution is -2.34. The molecule has 0 spiro atoms. The first-order valence-corrected chi connectivity index (χ1v) is 9.53. The van der Waals surface area contributed by atoms with E-state index in [1.165, 1.54) is 15.6 Å². The molecule has 0 unspecified atom stereocenters. The fourth-order valence-electron chi connectivity index (χ4n) is 1.94. The predicted octanol–water partition coefficient (Wildman–Crippen LogP) is 2.45. The normalized spacial score (nSPS) is 12.0. The Hall–Kier alpha value is -0.920. The van der Waals surface area contributed by atoms with Crippen LogP contribution in [0.5, 0.6) is 0 Å². The van der Waals surface area contributed by atoms with Crippen molar-refractivity contribution in [2.75, 3.05) is 13.6 Å². The second-order valence-corrected chi connectivity index (χ2v) is 8.16. The molecule has 0 bridgehead atoms. The largest absolute Gasteiger partial charge is 0.353 e. The molecule has 0 aliphatic carbocycles. The van der Waals surface area contributed by atoms with Gasteiger partial charge >= 0.3 is 0 Å². The standard InChI is InChI=1S/C14H24N2O3S2/c1-4-12(5-2)15-13(17)8-6-10-16(3)21(18,19)14-9-7-11-20-14/h7,9,11-12H,4-6,8,10H2,1-3H3,(H,15,17). The molecule has 0 aromatic carbocycles.